The molecule has 0 aliphatic heterocycles. The number of rotatable bonds is 8. The van der Waals surface area contributed by atoms with Gasteiger partial charge < -0.3 is 5.11 Å². The van der Waals surface area contributed by atoms with E-state index in [1.807, 2.05) is 24.3 Å². The maximum atomic E-state index is 9.08. The Balaban J connectivity index is 2.55. The van der Waals surface area contributed by atoms with Crippen molar-refractivity contribution in [1.82, 2.24) is 4.90 Å². The molecule has 98 valence electrons. The highest BCUT2D eigenvalue weighted by Gasteiger charge is 2.05. The molecule has 3 heteroatoms. The molecule has 3 nitrogen and oxygen atoms in total. The third kappa shape index (κ3) is 5.31. The molecule has 0 radical (unpaired) electrons. The second-order valence-corrected chi connectivity index (χ2v) is 4.52. The van der Waals surface area contributed by atoms with Crippen molar-refractivity contribution < 1.29 is 5.11 Å². The summed E-state index contributed by atoms with van der Waals surface area (Å²) in [7, 11) is 0. The molecule has 18 heavy (non-hydrogen) atoms. The van der Waals surface area contributed by atoms with Crippen molar-refractivity contribution in [2.75, 3.05) is 19.7 Å². The molecular weight excluding hydrogens is 224 g/mol. The van der Waals surface area contributed by atoms with E-state index >= 15 is 0 Å². The number of aliphatic hydroxyl groups is 1. The van der Waals surface area contributed by atoms with Crippen LogP contribution in [0, 0.1) is 11.3 Å². The minimum atomic E-state index is 0.185. The summed E-state index contributed by atoms with van der Waals surface area (Å²) in [4.78, 5) is 2.24. The van der Waals surface area contributed by atoms with Gasteiger partial charge in [-0.2, -0.15) is 5.26 Å². The molecule has 0 atom stereocenters. The molecule has 1 rings (SSSR count). The Hall–Kier alpha value is -1.37. The van der Waals surface area contributed by atoms with Crippen LogP contribution < -0.4 is 0 Å². The summed E-state index contributed by atoms with van der Waals surface area (Å²) in [5, 5.41) is 17.9. The third-order valence-electron chi connectivity index (χ3n) is 2.96. The molecular formula is C15H22N2O. The van der Waals surface area contributed by atoms with Crippen molar-refractivity contribution in [3.63, 3.8) is 0 Å². The molecule has 0 aliphatic rings. The lowest BCUT2D eigenvalue weighted by atomic mass is 10.1. The molecule has 0 saturated carbocycles. The number of nitrogens with zero attached hydrogens (tertiary/aromatic N) is 2. The number of nitriles is 1. The van der Waals surface area contributed by atoms with Crippen molar-refractivity contribution in [2.24, 2.45) is 0 Å². The van der Waals surface area contributed by atoms with Crippen LogP contribution in [0.5, 0.6) is 0 Å². The SMILES string of the molecule is CCCCCN(CCO)Cc1cccc(C#N)c1. The van der Waals surface area contributed by atoms with Gasteiger partial charge in [0, 0.05) is 13.1 Å². The van der Waals surface area contributed by atoms with E-state index in [9.17, 15) is 0 Å². The van der Waals surface area contributed by atoms with Crippen LogP contribution >= 0.6 is 0 Å². The van der Waals surface area contributed by atoms with E-state index in [4.69, 9.17) is 10.4 Å². The Kier molecular flexibility index (Phi) is 7.09. The Morgan fingerprint density at radius 2 is 2.11 bits per heavy atom. The van der Waals surface area contributed by atoms with Crippen LogP contribution in [0.2, 0.25) is 0 Å². The van der Waals surface area contributed by atoms with E-state index in [2.05, 4.69) is 17.9 Å². The molecule has 0 heterocycles. The van der Waals surface area contributed by atoms with Gasteiger partial charge in [0.25, 0.3) is 0 Å². The summed E-state index contributed by atoms with van der Waals surface area (Å²) in [5.74, 6) is 0. The minimum Gasteiger partial charge on any atom is -0.395 e. The highest BCUT2D eigenvalue weighted by Crippen LogP contribution is 2.09. The molecule has 0 saturated heterocycles. The summed E-state index contributed by atoms with van der Waals surface area (Å²) in [6.45, 7) is 4.88. The Morgan fingerprint density at radius 1 is 1.28 bits per heavy atom. The van der Waals surface area contributed by atoms with Gasteiger partial charge >= 0.3 is 0 Å². The smallest absolute Gasteiger partial charge is 0.0991 e. The monoisotopic (exact) mass is 246 g/mol. The van der Waals surface area contributed by atoms with Crippen molar-refractivity contribution >= 4 is 0 Å². The topological polar surface area (TPSA) is 47.3 Å². The van der Waals surface area contributed by atoms with Crippen LogP contribution in [-0.2, 0) is 6.54 Å². The Bertz CT molecular complexity index is 384. The number of hydrogen-bond donors (Lipinski definition) is 1. The van der Waals surface area contributed by atoms with Gasteiger partial charge in [-0.3, -0.25) is 4.90 Å². The lowest BCUT2D eigenvalue weighted by molar-refractivity contribution is 0.187. The molecule has 1 aromatic rings. The van der Waals surface area contributed by atoms with Gasteiger partial charge in [0.2, 0.25) is 0 Å². The molecule has 0 fully saturated rings. The fourth-order valence-electron chi connectivity index (χ4n) is 1.99. The second kappa shape index (κ2) is 8.68. The van der Waals surface area contributed by atoms with Gasteiger partial charge in [-0.25, -0.2) is 0 Å². The summed E-state index contributed by atoms with van der Waals surface area (Å²) in [6.07, 6.45) is 3.59. The Morgan fingerprint density at radius 3 is 2.78 bits per heavy atom. The van der Waals surface area contributed by atoms with E-state index in [1.54, 1.807) is 0 Å². The van der Waals surface area contributed by atoms with E-state index in [1.165, 1.54) is 12.8 Å². The highest BCUT2D eigenvalue weighted by molar-refractivity contribution is 5.32. The molecule has 0 aliphatic carbocycles. The normalized spacial score (nSPS) is 10.6. The number of unbranched alkanes of at least 4 members (excludes halogenated alkanes) is 2. The number of aliphatic hydroxyl groups excluding tert-OH is 1. The van der Waals surface area contributed by atoms with E-state index in [0.717, 1.165) is 25.1 Å². The maximum absolute atomic E-state index is 9.08. The average Bonchev–Trinajstić information content (AvgIpc) is 2.39. The molecule has 0 aromatic heterocycles. The van der Waals surface area contributed by atoms with Crippen molar-refractivity contribution in [2.45, 2.75) is 32.7 Å². The van der Waals surface area contributed by atoms with E-state index < -0.39 is 0 Å². The summed E-state index contributed by atoms with van der Waals surface area (Å²) >= 11 is 0. The van der Waals surface area contributed by atoms with E-state index in [-0.39, 0.29) is 6.61 Å². The fraction of sp³-hybridized carbons (Fsp3) is 0.533. The predicted molar refractivity (Wildman–Crippen MR) is 73.0 cm³/mol. The zero-order valence-electron chi connectivity index (χ0n) is 11.1. The number of hydrogen-bond acceptors (Lipinski definition) is 3. The first-order valence-electron chi connectivity index (χ1n) is 6.62. The van der Waals surface area contributed by atoms with Gasteiger partial charge in [-0.15, -0.1) is 0 Å². The van der Waals surface area contributed by atoms with Crippen molar-refractivity contribution in [3.05, 3.63) is 35.4 Å². The molecule has 1 N–H and O–H groups in total. The first-order chi connectivity index (χ1) is 8.80. The first kappa shape index (κ1) is 14.7. The summed E-state index contributed by atoms with van der Waals surface area (Å²) < 4.78 is 0. The lowest BCUT2D eigenvalue weighted by Gasteiger charge is -2.21. The van der Waals surface area contributed by atoms with Crippen molar-refractivity contribution in [1.29, 1.82) is 5.26 Å². The summed E-state index contributed by atoms with van der Waals surface area (Å²) in [6, 6.07) is 9.84. The predicted octanol–water partition coefficient (Wildman–Crippen LogP) is 2.54. The van der Waals surface area contributed by atoms with Gasteiger partial charge in [-0.1, -0.05) is 31.9 Å². The van der Waals surface area contributed by atoms with E-state index in [0.29, 0.717) is 12.1 Å². The second-order valence-electron chi connectivity index (χ2n) is 4.52. The minimum absolute atomic E-state index is 0.185. The quantitative estimate of drug-likeness (QED) is 0.717. The van der Waals surface area contributed by atoms with Crippen LogP contribution in [0.25, 0.3) is 0 Å². The summed E-state index contributed by atoms with van der Waals surface area (Å²) in [5.41, 5.74) is 1.84. The van der Waals surface area contributed by atoms with Crippen molar-refractivity contribution in [3.8, 4) is 6.07 Å². The van der Waals surface area contributed by atoms with Gasteiger partial charge in [-0.05, 0) is 30.7 Å². The molecule has 1 aromatic carbocycles. The van der Waals surface area contributed by atoms with Crippen LogP contribution in [0.1, 0.15) is 37.3 Å². The lowest BCUT2D eigenvalue weighted by Crippen LogP contribution is -2.27. The standard InChI is InChI=1S/C15H22N2O/c1-2-3-4-8-17(9-10-18)13-15-7-5-6-14(11-15)12-16/h5-7,11,18H,2-4,8-10,13H2,1H3. The van der Waals surface area contributed by atoms with Crippen LogP contribution in [-0.4, -0.2) is 29.7 Å². The molecule has 0 unspecified atom stereocenters. The molecule has 0 spiro atoms. The number of benzene rings is 1. The first-order valence-corrected chi connectivity index (χ1v) is 6.62. The van der Waals surface area contributed by atoms with Crippen LogP contribution in [0.4, 0.5) is 0 Å². The zero-order chi connectivity index (χ0) is 13.2. The average molecular weight is 246 g/mol. The molecule has 0 bridgehead atoms. The van der Waals surface area contributed by atoms with Gasteiger partial charge in [0.15, 0.2) is 0 Å². The van der Waals surface area contributed by atoms with Crippen LogP contribution in [0.15, 0.2) is 24.3 Å². The fourth-order valence-corrected chi connectivity index (χ4v) is 1.99. The molecule has 0 amide bonds. The maximum Gasteiger partial charge on any atom is 0.0991 e. The third-order valence-corrected chi connectivity index (χ3v) is 2.96. The van der Waals surface area contributed by atoms with Gasteiger partial charge in [0.05, 0.1) is 18.2 Å². The zero-order valence-corrected chi connectivity index (χ0v) is 11.1. The highest BCUT2D eigenvalue weighted by atomic mass is 16.3. The van der Waals surface area contributed by atoms with Crippen LogP contribution in [0.3, 0.4) is 0 Å². The van der Waals surface area contributed by atoms with Gasteiger partial charge in [0.1, 0.15) is 0 Å². The Labute approximate surface area is 110 Å². The largest absolute Gasteiger partial charge is 0.395 e.